The number of hydrogen-bond donors (Lipinski definition) is 2. The highest BCUT2D eigenvalue weighted by Gasteiger charge is 2.24. The molecule has 0 saturated carbocycles. The van der Waals surface area contributed by atoms with Crippen molar-refractivity contribution in [2.24, 2.45) is 0 Å². The van der Waals surface area contributed by atoms with Crippen molar-refractivity contribution in [3.8, 4) is 17.2 Å². The fourth-order valence-corrected chi connectivity index (χ4v) is 3.18. The largest absolute Gasteiger partial charge is 0.493 e. The molecule has 0 fully saturated rings. The summed E-state index contributed by atoms with van der Waals surface area (Å²) >= 11 is 0. The summed E-state index contributed by atoms with van der Waals surface area (Å²) in [5, 5.41) is 0. The minimum Gasteiger partial charge on any atom is -0.493 e. The summed E-state index contributed by atoms with van der Waals surface area (Å²) in [6.45, 7) is 0.559. The molecule has 2 aromatic carbocycles. The van der Waals surface area contributed by atoms with Crippen LogP contribution in [-0.4, -0.2) is 35.2 Å². The second-order valence-corrected chi connectivity index (χ2v) is 7.97. The van der Waals surface area contributed by atoms with Crippen LogP contribution in [-0.2, 0) is 17.2 Å². The van der Waals surface area contributed by atoms with Crippen molar-refractivity contribution in [2.75, 3.05) is 20.0 Å². The van der Waals surface area contributed by atoms with E-state index in [4.69, 9.17) is 18.4 Å². The topological polar surface area (TPSA) is 77.4 Å². The minimum atomic E-state index is -2.98. The molecule has 1 atom stereocenters. The Hall–Kier alpha value is -1.93. The first-order valence-corrected chi connectivity index (χ1v) is 10.2. The smallest absolute Gasteiger partial charge is 0.165 e. The molecular formula is C19H24O6S. The summed E-state index contributed by atoms with van der Waals surface area (Å²) in [6, 6.07) is 13.6. The molecule has 2 aromatic rings. The van der Waals surface area contributed by atoms with E-state index in [-0.39, 0.29) is 12.7 Å². The normalized spacial score (nSPS) is 17.2. The first kappa shape index (κ1) is 18.8. The van der Waals surface area contributed by atoms with Crippen LogP contribution in [0.4, 0.5) is 0 Å². The standard InChI is InChI=1S/C19H24O6S/c1-22-18-10-15-8-9-16(13-24-26(2,20)21)25-17(15)11-19(18)23-12-14-6-4-3-5-7-14/h3-7,10-11,16,20-21H,8-9,12-13H2,1-2H3/t16-/m1/s1. The maximum absolute atomic E-state index is 9.36. The molecule has 1 heterocycles. The van der Waals surface area contributed by atoms with Crippen molar-refractivity contribution in [3.05, 3.63) is 53.6 Å². The molecule has 0 saturated heterocycles. The summed E-state index contributed by atoms with van der Waals surface area (Å²) in [7, 11) is -1.37. The fourth-order valence-electron chi connectivity index (χ4n) is 2.77. The van der Waals surface area contributed by atoms with Gasteiger partial charge in [0.2, 0.25) is 0 Å². The van der Waals surface area contributed by atoms with Crippen molar-refractivity contribution in [1.29, 1.82) is 0 Å². The minimum absolute atomic E-state index is 0.129. The molecule has 1 aliphatic rings. The van der Waals surface area contributed by atoms with Gasteiger partial charge in [0.1, 0.15) is 25.1 Å². The lowest BCUT2D eigenvalue weighted by Crippen LogP contribution is -2.28. The number of methoxy groups -OCH3 is 1. The maximum Gasteiger partial charge on any atom is 0.165 e. The van der Waals surface area contributed by atoms with Crippen molar-refractivity contribution >= 4 is 10.9 Å². The van der Waals surface area contributed by atoms with E-state index in [2.05, 4.69) is 0 Å². The Balaban J connectivity index is 1.71. The Morgan fingerprint density at radius 1 is 1.15 bits per heavy atom. The predicted octanol–water partition coefficient (Wildman–Crippen LogP) is 4.28. The van der Waals surface area contributed by atoms with Crippen LogP contribution in [0.3, 0.4) is 0 Å². The van der Waals surface area contributed by atoms with Gasteiger partial charge in [-0.3, -0.25) is 4.18 Å². The van der Waals surface area contributed by atoms with Gasteiger partial charge in [-0.15, -0.1) is 0 Å². The molecule has 0 aromatic heterocycles. The Bertz CT molecular complexity index is 729. The van der Waals surface area contributed by atoms with E-state index in [0.717, 1.165) is 24.0 Å². The number of fused-ring (bicyclic) bond motifs is 1. The zero-order valence-electron chi connectivity index (χ0n) is 14.9. The summed E-state index contributed by atoms with van der Waals surface area (Å²) < 4.78 is 41.1. The molecule has 2 N–H and O–H groups in total. The van der Waals surface area contributed by atoms with Crippen LogP contribution < -0.4 is 14.2 Å². The van der Waals surface area contributed by atoms with Crippen LogP contribution in [0.1, 0.15) is 17.5 Å². The first-order chi connectivity index (χ1) is 12.4. The van der Waals surface area contributed by atoms with Gasteiger partial charge in [-0.1, -0.05) is 30.3 Å². The molecule has 6 nitrogen and oxygen atoms in total. The average Bonchev–Trinajstić information content (AvgIpc) is 2.64. The zero-order valence-corrected chi connectivity index (χ0v) is 15.7. The van der Waals surface area contributed by atoms with E-state index >= 15 is 0 Å². The molecule has 0 aliphatic carbocycles. The van der Waals surface area contributed by atoms with Crippen LogP contribution in [0.2, 0.25) is 0 Å². The lowest BCUT2D eigenvalue weighted by molar-refractivity contribution is 0.104. The molecule has 7 heteroatoms. The Morgan fingerprint density at radius 2 is 1.92 bits per heavy atom. The van der Waals surface area contributed by atoms with Gasteiger partial charge in [0, 0.05) is 12.3 Å². The average molecular weight is 380 g/mol. The van der Waals surface area contributed by atoms with E-state index in [1.165, 1.54) is 6.26 Å². The van der Waals surface area contributed by atoms with Crippen LogP contribution in [0.25, 0.3) is 0 Å². The van der Waals surface area contributed by atoms with Gasteiger partial charge in [0.05, 0.1) is 18.0 Å². The molecule has 26 heavy (non-hydrogen) atoms. The molecule has 0 bridgehead atoms. The molecule has 142 valence electrons. The lowest BCUT2D eigenvalue weighted by atomic mass is 10.0. The lowest BCUT2D eigenvalue weighted by Gasteiger charge is -2.29. The molecule has 0 spiro atoms. The summed E-state index contributed by atoms with van der Waals surface area (Å²) in [5.41, 5.74) is 2.10. The third-order valence-corrected chi connectivity index (χ3v) is 4.67. The maximum atomic E-state index is 9.36. The SMILES string of the molecule is COc1cc2c(cc1OCc1ccccc1)O[C@@H](COS(C)(O)O)CC2. The predicted molar refractivity (Wildman–Crippen MR) is 101 cm³/mol. The zero-order chi connectivity index (χ0) is 18.6. The summed E-state index contributed by atoms with van der Waals surface area (Å²) in [4.78, 5) is 0. The molecule has 0 radical (unpaired) electrons. The number of hydrogen-bond acceptors (Lipinski definition) is 6. The van der Waals surface area contributed by atoms with Gasteiger partial charge < -0.3 is 23.3 Å². The van der Waals surface area contributed by atoms with E-state index in [1.54, 1.807) is 7.11 Å². The molecule has 0 amide bonds. The van der Waals surface area contributed by atoms with Gasteiger partial charge in [-0.25, -0.2) is 0 Å². The van der Waals surface area contributed by atoms with Gasteiger partial charge >= 0.3 is 0 Å². The highest BCUT2D eigenvalue weighted by Crippen LogP contribution is 2.40. The van der Waals surface area contributed by atoms with Crippen molar-refractivity contribution in [1.82, 2.24) is 0 Å². The van der Waals surface area contributed by atoms with Gasteiger partial charge in [-0.2, -0.15) is 0 Å². The van der Waals surface area contributed by atoms with Gasteiger partial charge in [-0.05, 0) is 30.0 Å². The number of benzene rings is 2. The van der Waals surface area contributed by atoms with E-state index < -0.39 is 10.9 Å². The molecule has 3 rings (SSSR count). The Labute approximate surface area is 155 Å². The van der Waals surface area contributed by atoms with Gasteiger partial charge in [0.25, 0.3) is 0 Å². The van der Waals surface area contributed by atoms with Crippen molar-refractivity contribution < 1.29 is 27.5 Å². The van der Waals surface area contributed by atoms with Crippen LogP contribution >= 0.6 is 10.9 Å². The van der Waals surface area contributed by atoms with Crippen LogP contribution in [0.15, 0.2) is 42.5 Å². The third-order valence-electron chi connectivity index (χ3n) is 4.09. The highest BCUT2D eigenvalue weighted by atomic mass is 32.3. The molecule has 1 aliphatic heterocycles. The quantitative estimate of drug-likeness (QED) is 0.747. The van der Waals surface area contributed by atoms with Crippen LogP contribution in [0, 0.1) is 0 Å². The number of rotatable bonds is 7. The first-order valence-electron chi connectivity index (χ1n) is 8.36. The monoisotopic (exact) mass is 380 g/mol. The van der Waals surface area contributed by atoms with E-state index in [9.17, 15) is 9.11 Å². The second kappa shape index (κ2) is 8.18. The molecule has 0 unspecified atom stereocenters. The molecular weight excluding hydrogens is 356 g/mol. The number of aryl methyl sites for hydroxylation is 1. The Kier molecular flexibility index (Phi) is 5.93. The summed E-state index contributed by atoms with van der Waals surface area (Å²) in [5.74, 6) is 1.98. The third kappa shape index (κ3) is 5.04. The van der Waals surface area contributed by atoms with Crippen molar-refractivity contribution in [2.45, 2.75) is 25.6 Å². The van der Waals surface area contributed by atoms with Crippen LogP contribution in [0.5, 0.6) is 17.2 Å². The van der Waals surface area contributed by atoms with E-state index in [0.29, 0.717) is 23.9 Å². The Morgan fingerprint density at radius 3 is 2.62 bits per heavy atom. The second-order valence-electron chi connectivity index (χ2n) is 6.21. The number of ether oxygens (including phenoxy) is 3. The van der Waals surface area contributed by atoms with Gasteiger partial charge in [0.15, 0.2) is 11.5 Å². The fraction of sp³-hybridized carbons (Fsp3) is 0.368. The van der Waals surface area contributed by atoms with E-state index in [1.807, 2.05) is 42.5 Å². The summed E-state index contributed by atoms with van der Waals surface area (Å²) in [6.07, 6.45) is 2.55. The van der Waals surface area contributed by atoms with Crippen molar-refractivity contribution in [3.63, 3.8) is 0 Å². The highest BCUT2D eigenvalue weighted by molar-refractivity contribution is 8.19.